The predicted molar refractivity (Wildman–Crippen MR) is 113 cm³/mol. The number of hydrogen-bond acceptors (Lipinski definition) is 4. The Hall–Kier alpha value is -2.38. The molecule has 1 heterocycles. The molecule has 1 saturated heterocycles. The van der Waals surface area contributed by atoms with Gasteiger partial charge in [0.05, 0.1) is 12.2 Å². The zero-order chi connectivity index (χ0) is 20.1. The number of phenols is 1. The van der Waals surface area contributed by atoms with Crippen LogP contribution in [0.3, 0.4) is 0 Å². The Morgan fingerprint density at radius 1 is 1.14 bits per heavy atom. The van der Waals surface area contributed by atoms with Gasteiger partial charge in [0.25, 0.3) is 0 Å². The average molecular weight is 446 g/mol. The second-order valence-electron chi connectivity index (χ2n) is 7.07. The highest BCUT2D eigenvalue weighted by Gasteiger charge is 2.26. The fraction of sp³-hybridized carbons (Fsp3) is 0.333. The molecule has 1 aliphatic rings. The molecule has 2 aromatic rings. The van der Waals surface area contributed by atoms with Gasteiger partial charge in [-0.1, -0.05) is 28.1 Å². The lowest BCUT2D eigenvalue weighted by atomic mass is 9.95. The number of hydrogen-bond donors (Lipinski definition) is 3. The molecule has 2 amide bonds. The largest absolute Gasteiger partial charge is 0.506 e. The monoisotopic (exact) mass is 445 g/mol. The number of likely N-dealkylation sites (tertiary alicyclic amines) is 1. The molecule has 2 aromatic carbocycles. The Morgan fingerprint density at radius 3 is 2.54 bits per heavy atom. The number of nitrogens with one attached hydrogen (secondary N) is 2. The zero-order valence-corrected chi connectivity index (χ0v) is 17.3. The summed E-state index contributed by atoms with van der Waals surface area (Å²) in [5, 5.41) is 15.5. The van der Waals surface area contributed by atoms with Crippen molar-refractivity contribution < 1.29 is 14.7 Å². The van der Waals surface area contributed by atoms with Crippen LogP contribution in [0.2, 0.25) is 0 Å². The third kappa shape index (κ3) is 5.33. The predicted octanol–water partition coefficient (Wildman–Crippen LogP) is 3.75. The molecule has 28 heavy (non-hydrogen) atoms. The number of amides is 2. The van der Waals surface area contributed by atoms with Gasteiger partial charge in [-0.15, -0.1) is 0 Å². The second kappa shape index (κ2) is 9.21. The second-order valence-corrected chi connectivity index (χ2v) is 7.92. The first-order valence-electron chi connectivity index (χ1n) is 9.29. The van der Waals surface area contributed by atoms with Crippen LogP contribution in [0.1, 0.15) is 18.4 Å². The lowest BCUT2D eigenvalue weighted by molar-refractivity contribution is -0.121. The van der Waals surface area contributed by atoms with Crippen LogP contribution in [0.15, 0.2) is 46.9 Å². The highest BCUT2D eigenvalue weighted by Crippen LogP contribution is 2.25. The van der Waals surface area contributed by atoms with Gasteiger partial charge in [-0.25, -0.2) is 0 Å². The fourth-order valence-corrected chi connectivity index (χ4v) is 3.54. The highest BCUT2D eigenvalue weighted by molar-refractivity contribution is 9.10. The molecule has 0 bridgehead atoms. The van der Waals surface area contributed by atoms with Gasteiger partial charge in [0, 0.05) is 16.1 Å². The van der Waals surface area contributed by atoms with Gasteiger partial charge in [-0.05, 0) is 68.8 Å². The van der Waals surface area contributed by atoms with Crippen molar-refractivity contribution in [3.63, 3.8) is 0 Å². The normalized spacial score (nSPS) is 15.2. The number of piperidine rings is 1. The summed E-state index contributed by atoms with van der Waals surface area (Å²) in [4.78, 5) is 26.8. The molecular weight excluding hydrogens is 422 g/mol. The summed E-state index contributed by atoms with van der Waals surface area (Å²) in [6, 6.07) is 12.4. The van der Waals surface area contributed by atoms with E-state index in [0.29, 0.717) is 38.2 Å². The zero-order valence-electron chi connectivity index (χ0n) is 15.7. The van der Waals surface area contributed by atoms with E-state index in [4.69, 9.17) is 0 Å². The maximum absolute atomic E-state index is 12.4. The first-order valence-corrected chi connectivity index (χ1v) is 10.1. The molecule has 0 unspecified atom stereocenters. The van der Waals surface area contributed by atoms with Gasteiger partial charge < -0.3 is 15.7 Å². The van der Waals surface area contributed by atoms with Crippen molar-refractivity contribution in [2.24, 2.45) is 5.92 Å². The van der Waals surface area contributed by atoms with Crippen molar-refractivity contribution in [2.45, 2.75) is 19.8 Å². The number of carbonyl (C=O) groups excluding carboxylic acids is 2. The maximum Gasteiger partial charge on any atom is 0.238 e. The first kappa shape index (κ1) is 20.4. The lowest BCUT2D eigenvalue weighted by Crippen LogP contribution is -2.41. The topological polar surface area (TPSA) is 81.7 Å². The smallest absolute Gasteiger partial charge is 0.238 e. The van der Waals surface area contributed by atoms with Crippen molar-refractivity contribution in [3.8, 4) is 5.75 Å². The summed E-state index contributed by atoms with van der Waals surface area (Å²) in [5.41, 5.74) is 2.27. The first-order chi connectivity index (χ1) is 13.4. The minimum absolute atomic E-state index is 0.0566. The minimum atomic E-state index is -0.118. The summed E-state index contributed by atoms with van der Waals surface area (Å²) in [5.74, 6) is -0.198. The number of aromatic hydroxyl groups is 1. The molecule has 0 aromatic heterocycles. The van der Waals surface area contributed by atoms with Crippen LogP contribution >= 0.6 is 15.9 Å². The number of benzene rings is 2. The van der Waals surface area contributed by atoms with Gasteiger partial charge in [-0.3, -0.25) is 14.5 Å². The third-order valence-corrected chi connectivity index (χ3v) is 5.82. The average Bonchev–Trinajstić information content (AvgIpc) is 2.67. The number of nitrogens with zero attached hydrogens (tertiary/aromatic N) is 1. The van der Waals surface area contributed by atoms with Crippen LogP contribution in [-0.2, 0) is 9.59 Å². The molecule has 3 rings (SSSR count). The number of phenolic OH excluding ortho intramolecular Hbond substituents is 1. The van der Waals surface area contributed by atoms with E-state index in [0.717, 1.165) is 15.7 Å². The summed E-state index contributed by atoms with van der Waals surface area (Å²) >= 11 is 3.45. The van der Waals surface area contributed by atoms with Crippen molar-refractivity contribution >= 4 is 39.1 Å². The van der Waals surface area contributed by atoms with Crippen LogP contribution in [0.5, 0.6) is 5.75 Å². The molecule has 0 atom stereocenters. The Labute approximate surface area is 173 Å². The summed E-state index contributed by atoms with van der Waals surface area (Å²) in [6.07, 6.45) is 1.37. The van der Waals surface area contributed by atoms with Gasteiger partial charge in [0.1, 0.15) is 5.75 Å². The summed E-state index contributed by atoms with van der Waals surface area (Å²) in [7, 11) is 0. The molecule has 1 aliphatic heterocycles. The van der Waals surface area contributed by atoms with E-state index in [9.17, 15) is 14.7 Å². The van der Waals surface area contributed by atoms with E-state index in [1.165, 1.54) is 0 Å². The van der Waals surface area contributed by atoms with Gasteiger partial charge >= 0.3 is 0 Å². The molecular formula is C21H24BrN3O3. The molecule has 0 saturated carbocycles. The quantitative estimate of drug-likeness (QED) is 0.612. The van der Waals surface area contributed by atoms with Crippen LogP contribution < -0.4 is 10.6 Å². The van der Waals surface area contributed by atoms with E-state index >= 15 is 0 Å². The molecule has 0 spiro atoms. The fourth-order valence-electron chi connectivity index (χ4n) is 3.29. The van der Waals surface area contributed by atoms with Crippen LogP contribution in [0, 0.1) is 12.8 Å². The molecule has 6 nitrogen and oxygen atoms in total. The maximum atomic E-state index is 12.4. The number of rotatable bonds is 5. The number of carbonyl (C=O) groups is 2. The van der Waals surface area contributed by atoms with Crippen LogP contribution in [0.25, 0.3) is 0 Å². The minimum Gasteiger partial charge on any atom is -0.506 e. The van der Waals surface area contributed by atoms with Crippen LogP contribution in [-0.4, -0.2) is 41.5 Å². The number of anilines is 2. The van der Waals surface area contributed by atoms with E-state index in [2.05, 4.69) is 31.5 Å². The van der Waals surface area contributed by atoms with E-state index in [1.807, 2.05) is 25.1 Å². The van der Waals surface area contributed by atoms with Gasteiger partial charge in [-0.2, -0.15) is 0 Å². The van der Waals surface area contributed by atoms with Crippen molar-refractivity contribution in [3.05, 3.63) is 52.5 Å². The Balaban J connectivity index is 1.45. The standard InChI is InChI=1S/C21H24BrN3O3/c1-14-12-16(6-7-17(14)22)23-20(27)13-25-10-8-15(9-11-25)21(28)24-18-4-2-3-5-19(18)26/h2-7,12,15,26H,8-11,13H2,1H3,(H,23,27)(H,24,28). The summed E-state index contributed by atoms with van der Waals surface area (Å²) < 4.78 is 1.01. The van der Waals surface area contributed by atoms with E-state index < -0.39 is 0 Å². The molecule has 0 aliphatic carbocycles. The van der Waals surface area contributed by atoms with Crippen molar-refractivity contribution in [1.82, 2.24) is 4.90 Å². The van der Waals surface area contributed by atoms with E-state index in [-0.39, 0.29) is 23.5 Å². The van der Waals surface area contributed by atoms with Gasteiger partial charge in [0.15, 0.2) is 0 Å². The Bertz CT molecular complexity index is 864. The Kier molecular flexibility index (Phi) is 6.70. The highest BCUT2D eigenvalue weighted by atomic mass is 79.9. The Morgan fingerprint density at radius 2 is 1.86 bits per heavy atom. The summed E-state index contributed by atoms with van der Waals surface area (Å²) in [6.45, 7) is 3.66. The molecule has 7 heteroatoms. The van der Waals surface area contributed by atoms with Crippen molar-refractivity contribution in [2.75, 3.05) is 30.3 Å². The van der Waals surface area contributed by atoms with Gasteiger partial charge in [0.2, 0.25) is 11.8 Å². The molecule has 0 radical (unpaired) electrons. The number of halogens is 1. The SMILES string of the molecule is Cc1cc(NC(=O)CN2CCC(C(=O)Nc3ccccc3O)CC2)ccc1Br. The number of aryl methyl sites for hydroxylation is 1. The molecule has 148 valence electrons. The van der Waals surface area contributed by atoms with E-state index in [1.54, 1.807) is 24.3 Å². The lowest BCUT2D eigenvalue weighted by Gasteiger charge is -2.30. The number of para-hydroxylation sites is 2. The molecule has 1 fully saturated rings. The molecule has 3 N–H and O–H groups in total. The third-order valence-electron chi connectivity index (χ3n) is 4.93. The van der Waals surface area contributed by atoms with Crippen LogP contribution in [0.4, 0.5) is 11.4 Å². The van der Waals surface area contributed by atoms with Crippen molar-refractivity contribution in [1.29, 1.82) is 0 Å².